The molecule has 1 amide bonds. The minimum atomic E-state index is 0.137. The maximum Gasteiger partial charge on any atom is 0.227 e. The minimum Gasteiger partial charge on any atom is -0.398 e. The maximum atomic E-state index is 11.8. The lowest BCUT2D eigenvalue weighted by molar-refractivity contribution is -0.122. The van der Waals surface area contributed by atoms with Gasteiger partial charge in [0, 0.05) is 17.3 Å². The van der Waals surface area contributed by atoms with Crippen molar-refractivity contribution in [2.75, 3.05) is 11.1 Å². The van der Waals surface area contributed by atoms with Crippen LogP contribution in [0, 0.1) is 19.8 Å². The van der Waals surface area contributed by atoms with Gasteiger partial charge in [0.05, 0.1) is 0 Å². The number of carbonyl (C=O) groups is 1. The van der Waals surface area contributed by atoms with Crippen LogP contribution in [0.25, 0.3) is 0 Å². The lowest BCUT2D eigenvalue weighted by Gasteiger charge is -2.24. The highest BCUT2D eigenvalue weighted by Gasteiger charge is 2.25. The first kappa shape index (κ1) is 11.0. The van der Waals surface area contributed by atoms with Gasteiger partial charge in [-0.1, -0.05) is 12.5 Å². The van der Waals surface area contributed by atoms with Gasteiger partial charge < -0.3 is 11.1 Å². The van der Waals surface area contributed by atoms with Gasteiger partial charge in [-0.3, -0.25) is 4.79 Å². The summed E-state index contributed by atoms with van der Waals surface area (Å²) in [4.78, 5) is 11.8. The Kier molecular flexibility index (Phi) is 2.86. The van der Waals surface area contributed by atoms with Gasteiger partial charge in [-0.15, -0.1) is 0 Å². The first-order chi connectivity index (χ1) is 7.58. The topological polar surface area (TPSA) is 55.1 Å². The minimum absolute atomic E-state index is 0.137. The van der Waals surface area contributed by atoms with Crippen molar-refractivity contribution in [2.24, 2.45) is 5.92 Å². The van der Waals surface area contributed by atoms with E-state index in [-0.39, 0.29) is 11.8 Å². The molecule has 1 aliphatic rings. The number of aryl methyl sites for hydroxylation is 2. The average Bonchev–Trinajstić information content (AvgIpc) is 2.11. The fourth-order valence-electron chi connectivity index (χ4n) is 1.91. The van der Waals surface area contributed by atoms with Crippen molar-refractivity contribution in [3.05, 3.63) is 23.3 Å². The first-order valence-corrected chi connectivity index (χ1v) is 5.75. The highest BCUT2D eigenvalue weighted by Crippen LogP contribution is 2.29. The SMILES string of the molecule is Cc1cc(C)c(NC(=O)C2CCC2)cc1N. The predicted octanol–water partition coefficient (Wildman–Crippen LogP) is 2.62. The number of hydrogen-bond donors (Lipinski definition) is 2. The Morgan fingerprint density at radius 1 is 1.31 bits per heavy atom. The van der Waals surface area contributed by atoms with Gasteiger partial charge in [0.1, 0.15) is 0 Å². The van der Waals surface area contributed by atoms with Crippen LogP contribution in [0.15, 0.2) is 12.1 Å². The second-order valence-corrected chi connectivity index (χ2v) is 4.64. The summed E-state index contributed by atoms with van der Waals surface area (Å²) >= 11 is 0. The highest BCUT2D eigenvalue weighted by atomic mass is 16.1. The number of nitrogens with one attached hydrogen (secondary N) is 1. The lowest BCUT2D eigenvalue weighted by atomic mass is 9.85. The van der Waals surface area contributed by atoms with E-state index in [4.69, 9.17) is 5.73 Å². The van der Waals surface area contributed by atoms with Crippen LogP contribution in [-0.4, -0.2) is 5.91 Å². The number of amides is 1. The summed E-state index contributed by atoms with van der Waals surface area (Å²) in [6.45, 7) is 3.96. The van der Waals surface area contributed by atoms with Gasteiger partial charge in [0.15, 0.2) is 0 Å². The molecule has 0 spiro atoms. The molecule has 1 saturated carbocycles. The third-order valence-electron chi connectivity index (χ3n) is 3.35. The molecule has 0 saturated heterocycles. The summed E-state index contributed by atoms with van der Waals surface area (Å²) in [5.74, 6) is 0.347. The molecule has 0 unspecified atom stereocenters. The normalized spacial score (nSPS) is 15.6. The van der Waals surface area contributed by atoms with Crippen LogP contribution in [0.1, 0.15) is 30.4 Å². The Morgan fingerprint density at radius 3 is 2.56 bits per heavy atom. The maximum absolute atomic E-state index is 11.8. The van der Waals surface area contributed by atoms with Crippen molar-refractivity contribution >= 4 is 17.3 Å². The first-order valence-electron chi connectivity index (χ1n) is 5.75. The van der Waals surface area contributed by atoms with E-state index in [1.165, 1.54) is 6.42 Å². The zero-order valence-electron chi connectivity index (χ0n) is 9.84. The second kappa shape index (κ2) is 4.16. The Labute approximate surface area is 96.0 Å². The molecule has 16 heavy (non-hydrogen) atoms. The number of benzene rings is 1. The van der Waals surface area contributed by atoms with Crippen molar-refractivity contribution in [3.63, 3.8) is 0 Å². The molecule has 0 bridgehead atoms. The molecular formula is C13H18N2O. The van der Waals surface area contributed by atoms with Crippen LogP contribution in [-0.2, 0) is 4.79 Å². The van der Waals surface area contributed by atoms with E-state index in [0.29, 0.717) is 0 Å². The van der Waals surface area contributed by atoms with Gasteiger partial charge in [-0.25, -0.2) is 0 Å². The molecule has 3 nitrogen and oxygen atoms in total. The third-order valence-corrected chi connectivity index (χ3v) is 3.35. The number of nitrogens with two attached hydrogens (primary N) is 1. The number of carbonyl (C=O) groups excluding carboxylic acids is 1. The van der Waals surface area contributed by atoms with E-state index in [2.05, 4.69) is 5.32 Å². The molecule has 2 rings (SSSR count). The molecular weight excluding hydrogens is 200 g/mol. The molecule has 1 aliphatic carbocycles. The molecule has 0 atom stereocenters. The van der Waals surface area contributed by atoms with Gasteiger partial charge in [-0.05, 0) is 43.9 Å². The van der Waals surface area contributed by atoms with Crippen LogP contribution < -0.4 is 11.1 Å². The quantitative estimate of drug-likeness (QED) is 0.750. The summed E-state index contributed by atoms with van der Waals surface area (Å²) in [5.41, 5.74) is 9.54. The Morgan fingerprint density at radius 2 is 2.00 bits per heavy atom. The monoisotopic (exact) mass is 218 g/mol. The summed E-state index contributed by atoms with van der Waals surface area (Å²) in [6.07, 6.45) is 3.21. The fraction of sp³-hybridized carbons (Fsp3) is 0.462. The zero-order chi connectivity index (χ0) is 11.7. The Balaban J connectivity index is 2.14. The number of hydrogen-bond acceptors (Lipinski definition) is 2. The largest absolute Gasteiger partial charge is 0.398 e. The van der Waals surface area contributed by atoms with Crippen molar-refractivity contribution < 1.29 is 4.79 Å². The Bertz CT molecular complexity index is 422. The summed E-state index contributed by atoms with van der Waals surface area (Å²) in [6, 6.07) is 3.85. The van der Waals surface area contributed by atoms with E-state index in [1.54, 1.807) is 0 Å². The molecule has 0 radical (unpaired) electrons. The van der Waals surface area contributed by atoms with E-state index in [0.717, 1.165) is 35.3 Å². The molecule has 0 aromatic heterocycles. The molecule has 1 fully saturated rings. The lowest BCUT2D eigenvalue weighted by Crippen LogP contribution is -2.28. The standard InChI is InChI=1S/C13H18N2O/c1-8-6-9(2)12(7-11(8)14)15-13(16)10-4-3-5-10/h6-7,10H,3-5,14H2,1-2H3,(H,15,16). The van der Waals surface area contributed by atoms with Crippen molar-refractivity contribution in [1.29, 1.82) is 0 Å². The van der Waals surface area contributed by atoms with Crippen LogP contribution in [0.4, 0.5) is 11.4 Å². The second-order valence-electron chi connectivity index (χ2n) is 4.64. The molecule has 0 aliphatic heterocycles. The van der Waals surface area contributed by atoms with E-state index >= 15 is 0 Å². The van der Waals surface area contributed by atoms with Crippen LogP contribution in [0.5, 0.6) is 0 Å². The van der Waals surface area contributed by atoms with Gasteiger partial charge >= 0.3 is 0 Å². The average molecular weight is 218 g/mol. The smallest absolute Gasteiger partial charge is 0.227 e. The molecule has 1 aromatic rings. The summed E-state index contributed by atoms with van der Waals surface area (Å²) in [5, 5.41) is 2.96. The van der Waals surface area contributed by atoms with Crippen molar-refractivity contribution in [2.45, 2.75) is 33.1 Å². The molecule has 0 heterocycles. The fourth-order valence-corrected chi connectivity index (χ4v) is 1.91. The van der Waals surface area contributed by atoms with Crippen molar-refractivity contribution in [1.82, 2.24) is 0 Å². The van der Waals surface area contributed by atoms with Crippen molar-refractivity contribution in [3.8, 4) is 0 Å². The Hall–Kier alpha value is -1.51. The molecule has 3 heteroatoms. The number of anilines is 2. The van der Waals surface area contributed by atoms with Gasteiger partial charge in [-0.2, -0.15) is 0 Å². The van der Waals surface area contributed by atoms with Crippen LogP contribution in [0.3, 0.4) is 0 Å². The van der Waals surface area contributed by atoms with Gasteiger partial charge in [0.25, 0.3) is 0 Å². The van der Waals surface area contributed by atoms with Gasteiger partial charge in [0.2, 0.25) is 5.91 Å². The van der Waals surface area contributed by atoms with Crippen LogP contribution in [0.2, 0.25) is 0 Å². The zero-order valence-corrected chi connectivity index (χ0v) is 9.84. The number of rotatable bonds is 2. The highest BCUT2D eigenvalue weighted by molar-refractivity contribution is 5.94. The van der Waals surface area contributed by atoms with E-state index in [1.807, 2.05) is 26.0 Å². The molecule has 1 aromatic carbocycles. The van der Waals surface area contributed by atoms with E-state index < -0.39 is 0 Å². The molecule has 3 N–H and O–H groups in total. The van der Waals surface area contributed by atoms with E-state index in [9.17, 15) is 4.79 Å². The summed E-state index contributed by atoms with van der Waals surface area (Å²) in [7, 11) is 0. The predicted molar refractivity (Wildman–Crippen MR) is 66.3 cm³/mol. The van der Waals surface area contributed by atoms with Crippen LogP contribution >= 0.6 is 0 Å². The molecule has 86 valence electrons. The summed E-state index contributed by atoms with van der Waals surface area (Å²) < 4.78 is 0. The number of nitrogen functional groups attached to an aromatic ring is 1. The third kappa shape index (κ3) is 2.03.